The number of fused-ring (bicyclic) bond motifs is 2. The van der Waals surface area contributed by atoms with E-state index in [-0.39, 0.29) is 17.5 Å². The normalized spacial score (nSPS) is 16.1. The summed E-state index contributed by atoms with van der Waals surface area (Å²) in [7, 11) is 1.63. The van der Waals surface area contributed by atoms with Gasteiger partial charge in [-0.15, -0.1) is 22.7 Å². The van der Waals surface area contributed by atoms with Gasteiger partial charge in [0.15, 0.2) is 0 Å². The molecule has 0 bridgehead atoms. The van der Waals surface area contributed by atoms with Crippen molar-refractivity contribution in [1.82, 2.24) is 10.2 Å². The molecule has 11 heteroatoms. The van der Waals surface area contributed by atoms with Crippen LogP contribution in [0.3, 0.4) is 0 Å². The first-order chi connectivity index (χ1) is 16.6. The van der Waals surface area contributed by atoms with Gasteiger partial charge in [0.1, 0.15) is 5.00 Å². The van der Waals surface area contributed by atoms with Crippen LogP contribution in [-0.4, -0.2) is 36.1 Å². The van der Waals surface area contributed by atoms with Gasteiger partial charge in [-0.3, -0.25) is 10.2 Å². The van der Waals surface area contributed by atoms with E-state index in [9.17, 15) is 18.4 Å². The predicted molar refractivity (Wildman–Crippen MR) is 140 cm³/mol. The van der Waals surface area contributed by atoms with Crippen LogP contribution in [0.4, 0.5) is 18.6 Å². The lowest BCUT2D eigenvalue weighted by atomic mass is 9.95. The number of nitrogens with one attached hydrogen (secondary N) is 2. The molecule has 2 aromatic rings. The third-order valence-electron chi connectivity index (χ3n) is 6.37. The van der Waals surface area contributed by atoms with Gasteiger partial charge in [0.2, 0.25) is 0 Å². The summed E-state index contributed by atoms with van der Waals surface area (Å²) >= 11 is 2.53. The fourth-order valence-corrected chi connectivity index (χ4v) is 7.63. The fourth-order valence-electron chi connectivity index (χ4n) is 4.71. The Morgan fingerprint density at radius 3 is 2.57 bits per heavy atom. The van der Waals surface area contributed by atoms with Gasteiger partial charge in [0.05, 0.1) is 16.5 Å². The van der Waals surface area contributed by atoms with Crippen LogP contribution in [0.5, 0.6) is 0 Å². The largest absolute Gasteiger partial charge is 0.459 e. The standard InChI is InChI=1S/C24H32F2N3O3PS2/c1-4-29-10-9-14-16(20(24(25,26)33)34-18(14)12-29)11-27-23(31)28-21-19(22(30)32-13(2)3)15-7-5-6-8-17(15)35-21/h13H,4-12,33H2,1-3H3,(H2,27,28,31). The van der Waals surface area contributed by atoms with Crippen molar-refractivity contribution < 1.29 is 23.1 Å². The number of likely N-dealkylation sites (N-methyl/N-ethyl adjacent to an activating group) is 1. The Hall–Kier alpha value is -1.61. The number of halogens is 2. The predicted octanol–water partition coefficient (Wildman–Crippen LogP) is 5.88. The molecule has 0 spiro atoms. The van der Waals surface area contributed by atoms with Crippen LogP contribution in [0.2, 0.25) is 0 Å². The number of hydrogen-bond donors (Lipinski definition) is 2. The van der Waals surface area contributed by atoms with Gasteiger partial charge >= 0.3 is 12.0 Å². The number of urea groups is 1. The molecule has 0 saturated carbocycles. The van der Waals surface area contributed by atoms with E-state index in [1.165, 1.54) is 11.3 Å². The van der Waals surface area contributed by atoms with E-state index in [0.29, 0.717) is 29.1 Å². The van der Waals surface area contributed by atoms with Gasteiger partial charge in [-0.25, -0.2) is 9.59 Å². The third kappa shape index (κ3) is 5.87. The van der Waals surface area contributed by atoms with Crippen LogP contribution >= 0.6 is 31.9 Å². The van der Waals surface area contributed by atoms with Crippen molar-refractivity contribution in [2.45, 2.75) is 77.7 Å². The number of hydrogen-bond acceptors (Lipinski definition) is 6. The number of thiophene rings is 2. The molecule has 1 unspecified atom stereocenters. The topological polar surface area (TPSA) is 70.7 Å². The summed E-state index contributed by atoms with van der Waals surface area (Å²) < 4.78 is 34.3. The van der Waals surface area contributed by atoms with Crippen LogP contribution in [0.15, 0.2) is 0 Å². The summed E-state index contributed by atoms with van der Waals surface area (Å²) in [6, 6.07) is -0.522. The molecule has 2 amide bonds. The molecule has 2 aromatic heterocycles. The van der Waals surface area contributed by atoms with E-state index in [0.717, 1.165) is 71.0 Å². The van der Waals surface area contributed by atoms with E-state index >= 15 is 0 Å². The molecular weight excluding hydrogens is 511 g/mol. The maximum Gasteiger partial charge on any atom is 0.341 e. The second kappa shape index (κ2) is 10.8. The van der Waals surface area contributed by atoms with Crippen molar-refractivity contribution in [3.05, 3.63) is 36.9 Å². The monoisotopic (exact) mass is 543 g/mol. The van der Waals surface area contributed by atoms with Gasteiger partial charge in [0.25, 0.3) is 5.66 Å². The first-order valence-electron chi connectivity index (χ1n) is 12.0. The Kier molecular flexibility index (Phi) is 8.15. The second-order valence-electron chi connectivity index (χ2n) is 9.23. The number of nitrogens with zero attached hydrogens (tertiary/aromatic N) is 1. The highest BCUT2D eigenvalue weighted by atomic mass is 32.1. The summed E-state index contributed by atoms with van der Waals surface area (Å²) in [5, 5.41) is 6.03. The molecule has 0 saturated heterocycles. The number of rotatable bonds is 7. The maximum atomic E-state index is 14.4. The molecule has 0 aromatic carbocycles. The third-order valence-corrected chi connectivity index (χ3v) is 9.42. The number of esters is 1. The summed E-state index contributed by atoms with van der Waals surface area (Å²) in [4.78, 5) is 30.0. The summed E-state index contributed by atoms with van der Waals surface area (Å²) in [5.41, 5.74) is -0.254. The summed E-state index contributed by atoms with van der Waals surface area (Å²) in [6.45, 7) is 7.97. The van der Waals surface area contributed by atoms with Gasteiger partial charge in [-0.1, -0.05) is 16.2 Å². The Bertz CT molecular complexity index is 1110. The Labute approximate surface area is 215 Å². The highest BCUT2D eigenvalue weighted by molar-refractivity contribution is 7.21. The summed E-state index contributed by atoms with van der Waals surface area (Å²) in [6.07, 6.45) is 4.09. The number of anilines is 1. The molecule has 1 aliphatic carbocycles. The van der Waals surface area contributed by atoms with Gasteiger partial charge in [-0.2, -0.15) is 8.78 Å². The lowest BCUT2D eigenvalue weighted by Crippen LogP contribution is -2.32. The van der Waals surface area contributed by atoms with Crippen molar-refractivity contribution in [1.29, 1.82) is 0 Å². The smallest absolute Gasteiger partial charge is 0.341 e. The number of carbonyl (C=O) groups is 2. The van der Waals surface area contributed by atoms with Crippen molar-refractivity contribution in [3.63, 3.8) is 0 Å². The lowest BCUT2D eigenvalue weighted by molar-refractivity contribution is 0.0378. The molecule has 1 aliphatic heterocycles. The van der Waals surface area contributed by atoms with Crippen molar-refractivity contribution in [3.8, 4) is 0 Å². The minimum atomic E-state index is -3.06. The van der Waals surface area contributed by atoms with E-state index in [2.05, 4.69) is 22.5 Å². The van der Waals surface area contributed by atoms with Crippen molar-refractivity contribution in [2.75, 3.05) is 18.4 Å². The molecule has 3 heterocycles. The number of aryl methyl sites for hydroxylation is 1. The van der Waals surface area contributed by atoms with Crippen LogP contribution in [0, 0.1) is 0 Å². The first-order valence-corrected chi connectivity index (χ1v) is 14.2. The van der Waals surface area contributed by atoms with Gasteiger partial charge in [0, 0.05) is 29.4 Å². The fraction of sp³-hybridized carbons (Fsp3) is 0.583. The Morgan fingerprint density at radius 2 is 1.89 bits per heavy atom. The van der Waals surface area contributed by atoms with Crippen molar-refractivity contribution >= 4 is 48.9 Å². The molecule has 192 valence electrons. The van der Waals surface area contributed by atoms with Crippen LogP contribution in [0.25, 0.3) is 0 Å². The molecule has 2 aliphatic rings. The maximum absolute atomic E-state index is 14.4. The van der Waals surface area contributed by atoms with Crippen LogP contribution in [-0.2, 0) is 42.8 Å². The minimum Gasteiger partial charge on any atom is -0.459 e. The molecule has 0 radical (unpaired) electrons. The molecular formula is C24H32F2N3O3PS2. The number of ether oxygens (including phenoxy) is 1. The number of alkyl halides is 2. The quantitative estimate of drug-likeness (QED) is 0.338. The van der Waals surface area contributed by atoms with E-state index < -0.39 is 17.7 Å². The molecule has 35 heavy (non-hydrogen) atoms. The lowest BCUT2D eigenvalue weighted by Gasteiger charge is -2.25. The Morgan fingerprint density at radius 1 is 1.14 bits per heavy atom. The van der Waals surface area contributed by atoms with Crippen LogP contribution < -0.4 is 10.6 Å². The minimum absolute atomic E-state index is 0.0000215. The highest BCUT2D eigenvalue weighted by Crippen LogP contribution is 2.45. The molecule has 1 atom stereocenters. The molecule has 6 nitrogen and oxygen atoms in total. The molecule has 2 N–H and O–H groups in total. The Balaban J connectivity index is 1.53. The average molecular weight is 544 g/mol. The zero-order valence-electron chi connectivity index (χ0n) is 20.3. The number of amides is 2. The average Bonchev–Trinajstić information content (AvgIpc) is 3.34. The zero-order valence-corrected chi connectivity index (χ0v) is 23.1. The van der Waals surface area contributed by atoms with E-state index in [1.54, 1.807) is 23.1 Å². The SMILES string of the molecule is CCN1CCc2c(sc(C(F)(F)P)c2CNC(=O)Nc2sc3c(c2C(=O)OC(C)C)CCCC3)C1. The molecule has 0 fully saturated rings. The second-order valence-corrected chi connectivity index (χ2v) is 12.2. The van der Waals surface area contributed by atoms with Gasteiger partial charge < -0.3 is 10.1 Å². The van der Waals surface area contributed by atoms with E-state index in [1.807, 2.05) is 0 Å². The first kappa shape index (κ1) is 26.5. The van der Waals surface area contributed by atoms with Crippen LogP contribution in [0.1, 0.15) is 75.3 Å². The highest BCUT2D eigenvalue weighted by Gasteiger charge is 2.35. The molecule has 4 rings (SSSR count). The van der Waals surface area contributed by atoms with Crippen molar-refractivity contribution in [2.24, 2.45) is 0 Å². The summed E-state index contributed by atoms with van der Waals surface area (Å²) in [5.74, 6) is -0.438. The van der Waals surface area contributed by atoms with Gasteiger partial charge in [-0.05, 0) is 69.2 Å². The zero-order chi connectivity index (χ0) is 25.3. The number of carbonyl (C=O) groups excluding carboxylic acids is 2. The van der Waals surface area contributed by atoms with E-state index in [4.69, 9.17) is 4.74 Å².